The lowest BCUT2D eigenvalue weighted by Crippen LogP contribution is -1.97. The molecule has 1 aromatic carbocycles. The highest BCUT2D eigenvalue weighted by Gasteiger charge is 2.24. The van der Waals surface area contributed by atoms with Gasteiger partial charge in [0.2, 0.25) is 0 Å². The highest BCUT2D eigenvalue weighted by Crippen LogP contribution is 2.36. The first-order chi connectivity index (χ1) is 6.29. The summed E-state index contributed by atoms with van der Waals surface area (Å²) in [6.45, 7) is 8.67. The van der Waals surface area contributed by atoms with Crippen molar-refractivity contribution in [3.63, 3.8) is 0 Å². The minimum Gasteiger partial charge on any atom is -0.0776 e. The summed E-state index contributed by atoms with van der Waals surface area (Å²) < 4.78 is 0. The molecule has 0 spiro atoms. The minimum atomic E-state index is 0. The summed E-state index contributed by atoms with van der Waals surface area (Å²) in [6, 6.07) is 8.82. The molecule has 0 aromatic heterocycles. The lowest BCUT2D eigenvalue weighted by atomic mass is 9.97. The lowest BCUT2D eigenvalue weighted by Gasteiger charge is -2.08. The Morgan fingerprint density at radius 2 is 1.64 bits per heavy atom. The minimum absolute atomic E-state index is 0. The fourth-order valence-corrected chi connectivity index (χ4v) is 1.99. The molecule has 0 fully saturated rings. The van der Waals surface area contributed by atoms with E-state index in [2.05, 4.69) is 38.1 Å². The molecule has 0 heterocycles. The number of hydrogen-bond acceptors (Lipinski definition) is 0. The van der Waals surface area contributed by atoms with E-state index in [0.29, 0.717) is 0 Å². The summed E-state index contributed by atoms with van der Waals surface area (Å²) in [5.41, 5.74) is 3.13. The van der Waals surface area contributed by atoms with Crippen molar-refractivity contribution in [2.75, 3.05) is 0 Å². The van der Waals surface area contributed by atoms with E-state index in [0.717, 1.165) is 11.8 Å². The second-order valence-electron chi connectivity index (χ2n) is 3.67. The first-order valence-electron chi connectivity index (χ1n) is 5.37. The summed E-state index contributed by atoms with van der Waals surface area (Å²) in [6.07, 6.45) is 1.28. The molecule has 0 nitrogen and oxygen atoms in total. The highest BCUT2D eigenvalue weighted by atomic mass is 14.3. The molecule has 0 saturated carbocycles. The highest BCUT2D eigenvalue weighted by molar-refractivity contribution is 5.35. The molecule has 0 saturated heterocycles. The standard InChI is InChI=1S/C11H14.C2H6.CH4/c1-8-7-10-5-3-4-6-11(10)9(8)2;1-2;/h3-6,8-9H,7H2,1-2H3;1-2H3;1H4/t8-,9-;;/m0../s1. The monoisotopic (exact) mass is 192 g/mol. The number of hydrogen-bond donors (Lipinski definition) is 0. The van der Waals surface area contributed by atoms with Crippen LogP contribution >= 0.6 is 0 Å². The summed E-state index contributed by atoms with van der Waals surface area (Å²) in [5, 5.41) is 0. The van der Waals surface area contributed by atoms with Crippen LogP contribution in [0.3, 0.4) is 0 Å². The normalized spacial score (nSPS) is 22.9. The molecule has 0 heteroatoms. The maximum atomic E-state index is 2.34. The Balaban J connectivity index is 0.000000531. The van der Waals surface area contributed by atoms with E-state index in [9.17, 15) is 0 Å². The van der Waals surface area contributed by atoms with Crippen LogP contribution < -0.4 is 0 Å². The average Bonchev–Trinajstić information content (AvgIpc) is 2.47. The van der Waals surface area contributed by atoms with Crippen LogP contribution in [0, 0.1) is 5.92 Å². The summed E-state index contributed by atoms with van der Waals surface area (Å²) in [4.78, 5) is 0. The van der Waals surface area contributed by atoms with Gasteiger partial charge in [0.05, 0.1) is 0 Å². The summed E-state index contributed by atoms with van der Waals surface area (Å²) in [5.74, 6) is 1.61. The van der Waals surface area contributed by atoms with Gasteiger partial charge in [0.25, 0.3) is 0 Å². The molecular weight excluding hydrogens is 168 g/mol. The van der Waals surface area contributed by atoms with E-state index in [1.54, 1.807) is 11.1 Å². The Morgan fingerprint density at radius 1 is 1.07 bits per heavy atom. The van der Waals surface area contributed by atoms with Crippen LogP contribution in [0.2, 0.25) is 0 Å². The maximum absolute atomic E-state index is 2.34. The fourth-order valence-electron chi connectivity index (χ4n) is 1.99. The predicted molar refractivity (Wildman–Crippen MR) is 65.8 cm³/mol. The van der Waals surface area contributed by atoms with Crippen molar-refractivity contribution in [1.82, 2.24) is 0 Å². The van der Waals surface area contributed by atoms with Gasteiger partial charge in [-0.2, -0.15) is 0 Å². The van der Waals surface area contributed by atoms with Crippen LogP contribution in [-0.2, 0) is 6.42 Å². The Kier molecular flexibility index (Phi) is 5.52. The smallest absolute Gasteiger partial charge is 0.0159 e. The van der Waals surface area contributed by atoms with E-state index < -0.39 is 0 Å². The van der Waals surface area contributed by atoms with Gasteiger partial charge < -0.3 is 0 Å². The third kappa shape index (κ3) is 2.37. The first kappa shape index (κ1) is 13.2. The molecule has 0 unspecified atom stereocenters. The molecule has 0 aliphatic heterocycles. The van der Waals surface area contributed by atoms with Crippen LogP contribution in [-0.4, -0.2) is 0 Å². The average molecular weight is 192 g/mol. The van der Waals surface area contributed by atoms with Gasteiger partial charge in [-0.15, -0.1) is 0 Å². The topological polar surface area (TPSA) is 0 Å². The van der Waals surface area contributed by atoms with Crippen LogP contribution in [0.15, 0.2) is 24.3 Å². The molecule has 0 amide bonds. The van der Waals surface area contributed by atoms with Crippen molar-refractivity contribution in [3.8, 4) is 0 Å². The molecule has 14 heavy (non-hydrogen) atoms. The lowest BCUT2D eigenvalue weighted by molar-refractivity contribution is 0.532. The SMILES string of the molecule is C.CC.C[C@@H]1c2ccccc2C[C@@H]1C. The summed E-state index contributed by atoms with van der Waals surface area (Å²) >= 11 is 0. The fraction of sp³-hybridized carbons (Fsp3) is 0.571. The molecular formula is C14H24. The second kappa shape index (κ2) is 5.85. The van der Waals surface area contributed by atoms with Gasteiger partial charge in [0.15, 0.2) is 0 Å². The van der Waals surface area contributed by atoms with Crippen molar-refractivity contribution in [1.29, 1.82) is 0 Å². The van der Waals surface area contributed by atoms with Gasteiger partial charge in [0, 0.05) is 0 Å². The van der Waals surface area contributed by atoms with E-state index in [-0.39, 0.29) is 7.43 Å². The van der Waals surface area contributed by atoms with Crippen LogP contribution in [0.25, 0.3) is 0 Å². The van der Waals surface area contributed by atoms with Gasteiger partial charge in [-0.1, -0.05) is 59.4 Å². The molecule has 1 aromatic rings. The third-order valence-electron chi connectivity index (χ3n) is 2.94. The van der Waals surface area contributed by atoms with Gasteiger partial charge in [-0.3, -0.25) is 0 Å². The quantitative estimate of drug-likeness (QED) is 0.561. The number of rotatable bonds is 0. The molecule has 0 radical (unpaired) electrons. The van der Waals surface area contributed by atoms with Crippen molar-refractivity contribution >= 4 is 0 Å². The van der Waals surface area contributed by atoms with Gasteiger partial charge in [-0.05, 0) is 29.4 Å². The number of benzene rings is 1. The Labute approximate surface area is 89.4 Å². The molecule has 1 aliphatic carbocycles. The predicted octanol–water partition coefficient (Wildman–Crippen LogP) is 4.64. The van der Waals surface area contributed by atoms with Crippen molar-refractivity contribution in [3.05, 3.63) is 35.4 Å². The molecule has 0 bridgehead atoms. The van der Waals surface area contributed by atoms with E-state index >= 15 is 0 Å². The molecule has 2 rings (SSSR count). The van der Waals surface area contributed by atoms with Crippen molar-refractivity contribution in [2.45, 2.75) is 47.5 Å². The molecule has 1 aliphatic rings. The Morgan fingerprint density at radius 3 is 2.21 bits per heavy atom. The van der Waals surface area contributed by atoms with E-state index in [1.807, 2.05) is 13.8 Å². The number of fused-ring (bicyclic) bond motifs is 1. The van der Waals surface area contributed by atoms with Crippen molar-refractivity contribution in [2.24, 2.45) is 5.92 Å². The third-order valence-corrected chi connectivity index (χ3v) is 2.94. The molecule has 2 atom stereocenters. The van der Waals surface area contributed by atoms with E-state index in [1.165, 1.54) is 6.42 Å². The second-order valence-corrected chi connectivity index (χ2v) is 3.67. The molecule has 0 N–H and O–H groups in total. The van der Waals surface area contributed by atoms with Crippen molar-refractivity contribution < 1.29 is 0 Å². The maximum Gasteiger partial charge on any atom is -0.0159 e. The van der Waals surface area contributed by atoms with Crippen LogP contribution in [0.1, 0.15) is 52.2 Å². The summed E-state index contributed by atoms with van der Waals surface area (Å²) in [7, 11) is 0. The van der Waals surface area contributed by atoms with Crippen LogP contribution in [0.4, 0.5) is 0 Å². The van der Waals surface area contributed by atoms with Gasteiger partial charge in [-0.25, -0.2) is 0 Å². The van der Waals surface area contributed by atoms with E-state index in [4.69, 9.17) is 0 Å². The first-order valence-corrected chi connectivity index (χ1v) is 5.37. The van der Waals surface area contributed by atoms with Gasteiger partial charge >= 0.3 is 0 Å². The zero-order valence-electron chi connectivity index (χ0n) is 9.17. The Hall–Kier alpha value is -0.780. The Bertz CT molecular complexity index is 262. The van der Waals surface area contributed by atoms with Crippen LogP contribution in [0.5, 0.6) is 0 Å². The molecule has 80 valence electrons. The largest absolute Gasteiger partial charge is 0.0776 e. The van der Waals surface area contributed by atoms with Gasteiger partial charge in [0.1, 0.15) is 0 Å². The zero-order valence-corrected chi connectivity index (χ0v) is 9.17. The zero-order chi connectivity index (χ0) is 9.84.